The first-order chi connectivity index (χ1) is 14.9. The van der Waals surface area contributed by atoms with Crippen molar-refractivity contribution in [2.24, 2.45) is 0 Å². The lowest BCUT2D eigenvalue weighted by Gasteiger charge is -2.23. The van der Waals surface area contributed by atoms with Gasteiger partial charge in [-0.05, 0) is 45.6 Å². The molecule has 3 aromatic heterocycles. The standard InChI is InChI=1S/C23H31N5O2S2/c1-22(2,3)15-10-17(28(27-15)23(4,5)6)26-18(29)12-31-11-16-24-20(30)19-13-8-7-9-14(13)32-21(19)25-16/h10H,7-9,11-12H2,1-6H3,(H,26,29)(H,24,25,30). The molecule has 0 saturated carbocycles. The minimum atomic E-state index is -0.251. The quantitative estimate of drug-likeness (QED) is 0.565. The molecule has 1 aliphatic carbocycles. The number of amides is 1. The van der Waals surface area contributed by atoms with Gasteiger partial charge in [0.05, 0.1) is 28.1 Å². The summed E-state index contributed by atoms with van der Waals surface area (Å²) in [5.41, 5.74) is 1.70. The summed E-state index contributed by atoms with van der Waals surface area (Å²) in [4.78, 5) is 34.9. The molecule has 0 aromatic carbocycles. The van der Waals surface area contributed by atoms with Crippen molar-refractivity contribution in [1.29, 1.82) is 0 Å². The van der Waals surface area contributed by atoms with Gasteiger partial charge in [-0.2, -0.15) is 5.10 Å². The van der Waals surface area contributed by atoms with Gasteiger partial charge in [-0.1, -0.05) is 20.8 Å². The number of nitrogens with zero attached hydrogens (tertiary/aromatic N) is 3. The molecular weight excluding hydrogens is 442 g/mol. The number of hydrogen-bond acceptors (Lipinski definition) is 6. The van der Waals surface area contributed by atoms with Gasteiger partial charge in [0, 0.05) is 16.4 Å². The van der Waals surface area contributed by atoms with Gasteiger partial charge in [0.15, 0.2) is 0 Å². The number of hydrogen-bond donors (Lipinski definition) is 2. The van der Waals surface area contributed by atoms with Crippen molar-refractivity contribution in [3.63, 3.8) is 0 Å². The Kier molecular flexibility index (Phi) is 6.00. The third-order valence-electron chi connectivity index (χ3n) is 5.48. The summed E-state index contributed by atoms with van der Waals surface area (Å²) < 4.78 is 1.87. The fourth-order valence-electron chi connectivity index (χ4n) is 3.88. The van der Waals surface area contributed by atoms with Crippen LogP contribution in [0.4, 0.5) is 5.82 Å². The highest BCUT2D eigenvalue weighted by Crippen LogP contribution is 2.34. The summed E-state index contributed by atoms with van der Waals surface area (Å²) in [5, 5.41) is 8.52. The highest BCUT2D eigenvalue weighted by atomic mass is 32.2. The summed E-state index contributed by atoms with van der Waals surface area (Å²) in [6, 6.07) is 1.96. The predicted octanol–water partition coefficient (Wildman–Crippen LogP) is 4.59. The molecule has 0 bridgehead atoms. The molecule has 2 N–H and O–H groups in total. The lowest BCUT2D eigenvalue weighted by atomic mass is 9.92. The first kappa shape index (κ1) is 23.0. The SMILES string of the molecule is CC(C)(C)c1cc(NC(=O)CSCc2nc3sc4c(c3c(=O)[nH]2)CCC4)n(C(C)(C)C)n1. The molecule has 4 rings (SSSR count). The second kappa shape index (κ2) is 8.33. The van der Waals surface area contributed by atoms with Crippen molar-refractivity contribution >= 4 is 45.0 Å². The first-order valence-electron chi connectivity index (χ1n) is 11.0. The highest BCUT2D eigenvalue weighted by Gasteiger charge is 2.26. The Morgan fingerprint density at radius 3 is 2.69 bits per heavy atom. The zero-order chi connectivity index (χ0) is 23.3. The van der Waals surface area contributed by atoms with Crippen LogP contribution in [-0.4, -0.2) is 31.4 Å². The summed E-state index contributed by atoms with van der Waals surface area (Å²) >= 11 is 3.07. The van der Waals surface area contributed by atoms with Crippen LogP contribution in [0.2, 0.25) is 0 Å². The number of nitrogens with one attached hydrogen (secondary N) is 2. The van der Waals surface area contributed by atoms with Crippen molar-refractivity contribution in [3.8, 4) is 0 Å². The Balaban J connectivity index is 1.42. The van der Waals surface area contributed by atoms with Gasteiger partial charge in [0.1, 0.15) is 16.5 Å². The number of H-pyrrole nitrogens is 1. The molecule has 172 valence electrons. The maximum absolute atomic E-state index is 12.7. The number of carbonyl (C=O) groups is 1. The van der Waals surface area contributed by atoms with E-state index in [2.05, 4.69) is 56.8 Å². The van der Waals surface area contributed by atoms with Gasteiger partial charge in [0.2, 0.25) is 5.91 Å². The molecule has 0 spiro atoms. The molecule has 9 heteroatoms. The third-order valence-corrected chi connectivity index (χ3v) is 7.61. The minimum Gasteiger partial charge on any atom is -0.310 e. The number of aromatic amines is 1. The Labute approximate surface area is 196 Å². The predicted molar refractivity (Wildman–Crippen MR) is 133 cm³/mol. The average molecular weight is 474 g/mol. The fourth-order valence-corrected chi connectivity index (χ4v) is 5.85. The third kappa shape index (κ3) is 4.64. The van der Waals surface area contributed by atoms with Gasteiger partial charge in [0.25, 0.3) is 5.56 Å². The van der Waals surface area contributed by atoms with Gasteiger partial charge in [-0.3, -0.25) is 9.59 Å². The van der Waals surface area contributed by atoms with Crippen molar-refractivity contribution in [1.82, 2.24) is 19.7 Å². The van der Waals surface area contributed by atoms with E-state index in [-0.39, 0.29) is 28.2 Å². The molecule has 3 aromatic rings. The number of thioether (sulfide) groups is 1. The van der Waals surface area contributed by atoms with E-state index in [1.165, 1.54) is 22.2 Å². The van der Waals surface area contributed by atoms with Crippen molar-refractivity contribution in [3.05, 3.63) is 38.4 Å². The lowest BCUT2D eigenvalue weighted by molar-refractivity contribution is -0.113. The number of aryl methyl sites for hydroxylation is 2. The fraction of sp³-hybridized carbons (Fsp3) is 0.565. The topological polar surface area (TPSA) is 92.7 Å². The van der Waals surface area contributed by atoms with Crippen molar-refractivity contribution < 1.29 is 4.79 Å². The summed E-state index contributed by atoms with van der Waals surface area (Å²) in [7, 11) is 0. The smallest absolute Gasteiger partial charge is 0.259 e. The van der Waals surface area contributed by atoms with Crippen LogP contribution < -0.4 is 10.9 Å². The largest absolute Gasteiger partial charge is 0.310 e. The van der Waals surface area contributed by atoms with E-state index in [1.54, 1.807) is 11.3 Å². The number of anilines is 1. The van der Waals surface area contributed by atoms with Gasteiger partial charge >= 0.3 is 0 Å². The van der Waals surface area contributed by atoms with Gasteiger partial charge in [-0.25, -0.2) is 9.67 Å². The molecule has 0 aliphatic heterocycles. The summed E-state index contributed by atoms with van der Waals surface area (Å²) in [6.45, 7) is 12.5. The van der Waals surface area contributed by atoms with Crippen LogP contribution in [0.5, 0.6) is 0 Å². The molecule has 0 saturated heterocycles. The van der Waals surface area contributed by atoms with Crippen LogP contribution >= 0.6 is 23.1 Å². The number of aromatic nitrogens is 4. The molecule has 0 radical (unpaired) electrons. The Morgan fingerprint density at radius 2 is 2.00 bits per heavy atom. The second-order valence-corrected chi connectivity index (χ2v) is 12.4. The van der Waals surface area contributed by atoms with Gasteiger partial charge < -0.3 is 10.3 Å². The average Bonchev–Trinajstić information content (AvgIpc) is 3.34. The lowest BCUT2D eigenvalue weighted by Crippen LogP contribution is -2.27. The molecule has 3 heterocycles. The van der Waals surface area contributed by atoms with Crippen LogP contribution in [0.15, 0.2) is 10.9 Å². The van der Waals surface area contributed by atoms with Crippen LogP contribution in [-0.2, 0) is 34.3 Å². The van der Waals surface area contributed by atoms with Crippen molar-refractivity contribution in [2.45, 2.75) is 77.5 Å². The number of rotatable bonds is 5. The molecule has 1 amide bonds. The molecule has 0 atom stereocenters. The second-order valence-electron chi connectivity index (χ2n) is 10.3. The zero-order valence-electron chi connectivity index (χ0n) is 19.6. The maximum atomic E-state index is 12.7. The van der Waals surface area contributed by atoms with E-state index in [9.17, 15) is 9.59 Å². The molecule has 0 unspecified atom stereocenters. The monoisotopic (exact) mass is 473 g/mol. The Morgan fingerprint density at radius 1 is 1.25 bits per heavy atom. The van der Waals surface area contributed by atoms with E-state index in [0.29, 0.717) is 17.4 Å². The van der Waals surface area contributed by atoms with Crippen molar-refractivity contribution in [2.75, 3.05) is 11.1 Å². The Hall–Kier alpha value is -2.13. The van der Waals surface area contributed by atoms with E-state index in [0.717, 1.165) is 35.2 Å². The molecule has 32 heavy (non-hydrogen) atoms. The molecule has 7 nitrogen and oxygen atoms in total. The van der Waals surface area contributed by atoms with Crippen LogP contribution in [0.1, 0.15) is 69.9 Å². The number of thiophene rings is 1. The highest BCUT2D eigenvalue weighted by molar-refractivity contribution is 7.99. The maximum Gasteiger partial charge on any atom is 0.259 e. The van der Waals surface area contributed by atoms with E-state index < -0.39 is 0 Å². The summed E-state index contributed by atoms with van der Waals surface area (Å²) in [6.07, 6.45) is 3.13. The zero-order valence-corrected chi connectivity index (χ0v) is 21.2. The van der Waals surface area contributed by atoms with E-state index >= 15 is 0 Å². The van der Waals surface area contributed by atoms with Gasteiger partial charge in [-0.15, -0.1) is 23.1 Å². The number of carbonyl (C=O) groups excluding carboxylic acids is 1. The minimum absolute atomic E-state index is 0.0572. The van der Waals surface area contributed by atoms with Crippen LogP contribution in [0, 0.1) is 0 Å². The number of fused-ring (bicyclic) bond motifs is 3. The van der Waals surface area contributed by atoms with Crippen LogP contribution in [0.25, 0.3) is 10.2 Å². The molecule has 0 fully saturated rings. The van der Waals surface area contributed by atoms with E-state index in [4.69, 9.17) is 5.10 Å². The first-order valence-corrected chi connectivity index (χ1v) is 12.9. The molecular formula is C23H31N5O2S2. The van der Waals surface area contributed by atoms with E-state index in [1.807, 2.05) is 10.7 Å². The Bertz CT molecular complexity index is 1220. The van der Waals surface area contributed by atoms with Crippen LogP contribution in [0.3, 0.4) is 0 Å². The summed E-state index contributed by atoms with van der Waals surface area (Å²) in [5.74, 6) is 1.97. The molecule has 1 aliphatic rings. The normalized spacial score (nSPS) is 14.2.